The molecule has 1 amide bonds. The van der Waals surface area contributed by atoms with Crippen molar-refractivity contribution in [2.75, 3.05) is 37.5 Å². The highest BCUT2D eigenvalue weighted by Crippen LogP contribution is 2.25. The zero-order valence-electron chi connectivity index (χ0n) is 17.0. The number of nitrogens with zero attached hydrogens (tertiary/aromatic N) is 1. The Morgan fingerprint density at radius 2 is 1.62 bits per heavy atom. The summed E-state index contributed by atoms with van der Waals surface area (Å²) < 4.78 is 10.4. The molecule has 1 aliphatic heterocycles. The first-order valence-corrected chi connectivity index (χ1v) is 10.1. The molecule has 2 N–H and O–H groups in total. The second-order valence-corrected chi connectivity index (χ2v) is 7.63. The Kier molecular flexibility index (Phi) is 6.93. The lowest BCUT2D eigenvalue weighted by molar-refractivity contribution is 0.0977. The second kappa shape index (κ2) is 9.60. The Morgan fingerprint density at radius 1 is 1.03 bits per heavy atom. The lowest BCUT2D eigenvalue weighted by atomic mass is 9.99. The summed E-state index contributed by atoms with van der Waals surface area (Å²) in [4.78, 5) is 14.9. The molecule has 7 heteroatoms. The molecule has 1 aliphatic rings. The van der Waals surface area contributed by atoms with Crippen molar-refractivity contribution in [2.45, 2.75) is 19.8 Å². The standard InChI is InChI=1S/C22H27N3O3S/c1-15-8-10-25(11-9-15)18-6-4-17(5-7-18)23-22(29)24-21(26)16-12-19(27-2)14-20(13-16)28-3/h4-7,12-15H,8-11H2,1-3H3,(H2,23,24,26,29). The molecular formula is C22H27N3O3S. The van der Waals surface area contributed by atoms with E-state index in [2.05, 4.69) is 34.6 Å². The average molecular weight is 414 g/mol. The minimum absolute atomic E-state index is 0.233. The Balaban J connectivity index is 1.58. The molecule has 0 spiro atoms. The molecule has 154 valence electrons. The Bertz CT molecular complexity index is 840. The largest absolute Gasteiger partial charge is 0.497 e. The molecular weight excluding hydrogens is 386 g/mol. The number of methoxy groups -OCH3 is 2. The van der Waals surface area contributed by atoms with Crippen LogP contribution in [0.5, 0.6) is 11.5 Å². The van der Waals surface area contributed by atoms with E-state index in [1.54, 1.807) is 18.2 Å². The van der Waals surface area contributed by atoms with Crippen LogP contribution in [0, 0.1) is 5.92 Å². The van der Waals surface area contributed by atoms with Crippen LogP contribution in [0.15, 0.2) is 42.5 Å². The molecule has 6 nitrogen and oxygen atoms in total. The molecule has 3 rings (SSSR count). The molecule has 1 fully saturated rings. The van der Waals surface area contributed by atoms with Gasteiger partial charge in [-0.15, -0.1) is 0 Å². The van der Waals surface area contributed by atoms with Crippen LogP contribution in [0.2, 0.25) is 0 Å². The summed E-state index contributed by atoms with van der Waals surface area (Å²) >= 11 is 5.29. The molecule has 1 heterocycles. The Morgan fingerprint density at radius 3 is 2.17 bits per heavy atom. The maximum absolute atomic E-state index is 12.5. The van der Waals surface area contributed by atoms with Gasteiger partial charge in [0.05, 0.1) is 14.2 Å². The van der Waals surface area contributed by atoms with Gasteiger partial charge in [0.1, 0.15) is 11.5 Å². The fourth-order valence-corrected chi connectivity index (χ4v) is 3.51. The van der Waals surface area contributed by atoms with Crippen LogP contribution in [0.25, 0.3) is 0 Å². The van der Waals surface area contributed by atoms with Crippen molar-refractivity contribution in [3.8, 4) is 11.5 Å². The molecule has 0 bridgehead atoms. The minimum Gasteiger partial charge on any atom is -0.497 e. The van der Waals surface area contributed by atoms with E-state index < -0.39 is 0 Å². The third-order valence-corrected chi connectivity index (χ3v) is 5.32. The molecule has 0 atom stereocenters. The Labute approximate surface area is 177 Å². The fraction of sp³-hybridized carbons (Fsp3) is 0.364. The number of thiocarbonyl (C=S) groups is 1. The smallest absolute Gasteiger partial charge is 0.257 e. The monoisotopic (exact) mass is 413 g/mol. The van der Waals surface area contributed by atoms with Crippen LogP contribution in [0.4, 0.5) is 11.4 Å². The van der Waals surface area contributed by atoms with Gasteiger partial charge in [-0.1, -0.05) is 6.92 Å². The van der Waals surface area contributed by atoms with E-state index in [0.29, 0.717) is 17.1 Å². The summed E-state index contributed by atoms with van der Waals surface area (Å²) in [5, 5.41) is 5.98. The number of piperidine rings is 1. The van der Waals surface area contributed by atoms with Crippen LogP contribution in [0.3, 0.4) is 0 Å². The highest BCUT2D eigenvalue weighted by molar-refractivity contribution is 7.80. The summed E-state index contributed by atoms with van der Waals surface area (Å²) in [6.45, 7) is 4.49. The van der Waals surface area contributed by atoms with Gasteiger partial charge in [0.25, 0.3) is 5.91 Å². The molecule has 1 saturated heterocycles. The van der Waals surface area contributed by atoms with Crippen LogP contribution in [-0.4, -0.2) is 38.3 Å². The number of hydrogen-bond donors (Lipinski definition) is 2. The average Bonchev–Trinajstić information content (AvgIpc) is 2.74. The maximum atomic E-state index is 12.5. The topological polar surface area (TPSA) is 62.8 Å². The third-order valence-electron chi connectivity index (χ3n) is 5.11. The Hall–Kier alpha value is -2.80. The van der Waals surface area contributed by atoms with Crippen molar-refractivity contribution < 1.29 is 14.3 Å². The SMILES string of the molecule is COc1cc(OC)cc(C(=O)NC(=S)Nc2ccc(N3CCC(C)CC3)cc2)c1. The summed E-state index contributed by atoms with van der Waals surface area (Å²) in [6.07, 6.45) is 2.45. The normalized spacial score (nSPS) is 14.2. The molecule has 0 aliphatic carbocycles. The van der Waals surface area contributed by atoms with Crippen molar-refractivity contribution in [2.24, 2.45) is 5.92 Å². The summed E-state index contributed by atoms with van der Waals surface area (Å²) in [6, 6.07) is 13.1. The molecule has 2 aromatic carbocycles. The number of ether oxygens (including phenoxy) is 2. The summed E-state index contributed by atoms with van der Waals surface area (Å²) in [7, 11) is 3.08. The van der Waals surface area contributed by atoms with E-state index in [-0.39, 0.29) is 11.0 Å². The number of carbonyl (C=O) groups excluding carboxylic acids is 1. The van der Waals surface area contributed by atoms with E-state index in [9.17, 15) is 4.79 Å². The van der Waals surface area contributed by atoms with Gasteiger partial charge < -0.3 is 19.7 Å². The van der Waals surface area contributed by atoms with Crippen LogP contribution >= 0.6 is 12.2 Å². The number of amides is 1. The maximum Gasteiger partial charge on any atom is 0.257 e. The van der Waals surface area contributed by atoms with Crippen molar-refractivity contribution in [1.82, 2.24) is 5.32 Å². The molecule has 29 heavy (non-hydrogen) atoms. The van der Waals surface area contributed by atoms with E-state index in [1.807, 2.05) is 12.1 Å². The summed E-state index contributed by atoms with van der Waals surface area (Å²) in [5.41, 5.74) is 2.44. The van der Waals surface area contributed by atoms with Crippen molar-refractivity contribution in [3.05, 3.63) is 48.0 Å². The second-order valence-electron chi connectivity index (χ2n) is 7.23. The zero-order chi connectivity index (χ0) is 20.8. The molecule has 0 radical (unpaired) electrons. The first-order chi connectivity index (χ1) is 14.0. The number of carbonyl (C=O) groups is 1. The van der Waals surface area contributed by atoms with E-state index in [0.717, 1.165) is 24.7 Å². The van der Waals surface area contributed by atoms with Gasteiger partial charge in [0.15, 0.2) is 5.11 Å². The highest BCUT2D eigenvalue weighted by atomic mass is 32.1. The van der Waals surface area contributed by atoms with Crippen molar-refractivity contribution >= 4 is 34.6 Å². The number of nitrogens with one attached hydrogen (secondary N) is 2. The van der Waals surface area contributed by atoms with Crippen LogP contribution in [-0.2, 0) is 0 Å². The number of anilines is 2. The summed E-state index contributed by atoms with van der Waals surface area (Å²) in [5.74, 6) is 1.55. The highest BCUT2D eigenvalue weighted by Gasteiger charge is 2.16. The van der Waals surface area contributed by atoms with Crippen molar-refractivity contribution in [3.63, 3.8) is 0 Å². The van der Waals surface area contributed by atoms with Gasteiger partial charge in [-0.3, -0.25) is 10.1 Å². The predicted octanol–water partition coefficient (Wildman–Crippen LogP) is 4.07. The molecule has 0 unspecified atom stereocenters. The van der Waals surface area contributed by atoms with Crippen molar-refractivity contribution in [1.29, 1.82) is 0 Å². The van der Waals surface area contributed by atoms with Gasteiger partial charge in [-0.05, 0) is 67.4 Å². The van der Waals surface area contributed by atoms with E-state index in [4.69, 9.17) is 21.7 Å². The number of benzene rings is 2. The van der Waals surface area contributed by atoms with E-state index >= 15 is 0 Å². The first-order valence-electron chi connectivity index (χ1n) is 9.69. The fourth-order valence-electron chi connectivity index (χ4n) is 3.30. The number of rotatable bonds is 5. The van der Waals surface area contributed by atoms with Gasteiger partial charge in [0, 0.05) is 36.1 Å². The molecule has 0 aromatic heterocycles. The van der Waals surface area contributed by atoms with E-state index in [1.165, 1.54) is 32.7 Å². The van der Waals surface area contributed by atoms with Crippen LogP contribution < -0.4 is 25.0 Å². The lowest BCUT2D eigenvalue weighted by Gasteiger charge is -2.32. The molecule has 2 aromatic rings. The molecule has 0 saturated carbocycles. The van der Waals surface area contributed by atoms with Gasteiger partial charge in [-0.25, -0.2) is 0 Å². The van der Waals surface area contributed by atoms with Gasteiger partial charge >= 0.3 is 0 Å². The van der Waals surface area contributed by atoms with Crippen LogP contribution in [0.1, 0.15) is 30.1 Å². The quantitative estimate of drug-likeness (QED) is 0.721. The van der Waals surface area contributed by atoms with Gasteiger partial charge in [-0.2, -0.15) is 0 Å². The minimum atomic E-state index is -0.334. The van der Waals surface area contributed by atoms with Gasteiger partial charge in [0.2, 0.25) is 0 Å². The lowest BCUT2D eigenvalue weighted by Crippen LogP contribution is -2.34. The predicted molar refractivity (Wildman–Crippen MR) is 120 cm³/mol. The third kappa shape index (κ3) is 5.60. The zero-order valence-corrected chi connectivity index (χ0v) is 17.8. The first kappa shape index (κ1) is 20.9. The number of hydrogen-bond acceptors (Lipinski definition) is 5.